The highest BCUT2D eigenvalue weighted by atomic mass is 16.5. The fourth-order valence-corrected chi connectivity index (χ4v) is 3.13. The number of carbonyl (C=O) groups is 2. The van der Waals surface area contributed by atoms with Crippen molar-refractivity contribution in [3.05, 3.63) is 42.1 Å². The first-order valence-electron chi connectivity index (χ1n) is 8.87. The number of aromatic nitrogens is 1. The van der Waals surface area contributed by atoms with E-state index in [1.807, 2.05) is 37.3 Å². The number of amides is 2. The van der Waals surface area contributed by atoms with Gasteiger partial charge in [0.1, 0.15) is 0 Å². The van der Waals surface area contributed by atoms with Crippen LogP contribution in [0.2, 0.25) is 0 Å². The third kappa shape index (κ3) is 4.49. The van der Waals surface area contributed by atoms with Gasteiger partial charge in [0.25, 0.3) is 0 Å². The number of benzene rings is 1. The molecule has 2 heterocycles. The van der Waals surface area contributed by atoms with E-state index in [4.69, 9.17) is 4.52 Å². The number of anilines is 2. The third-order valence-electron chi connectivity index (χ3n) is 4.74. The molecular formula is C19H24N4O3. The zero-order valence-corrected chi connectivity index (χ0v) is 15.1. The molecule has 0 aliphatic carbocycles. The molecule has 1 aromatic heterocycles. The average Bonchev–Trinajstić information content (AvgIpc) is 3.06. The maximum Gasteiger partial charge on any atom is 0.243 e. The average molecular weight is 356 g/mol. The highest BCUT2D eigenvalue weighted by Crippen LogP contribution is 2.21. The molecule has 1 atom stereocenters. The predicted molar refractivity (Wildman–Crippen MR) is 98.7 cm³/mol. The van der Waals surface area contributed by atoms with E-state index in [0.29, 0.717) is 19.0 Å². The first kappa shape index (κ1) is 18.1. The van der Waals surface area contributed by atoms with E-state index < -0.39 is 0 Å². The zero-order valence-electron chi connectivity index (χ0n) is 15.1. The summed E-state index contributed by atoms with van der Waals surface area (Å²) in [7, 11) is 0. The fraction of sp³-hybridized carbons (Fsp3) is 0.421. The molecule has 1 aliphatic heterocycles. The van der Waals surface area contributed by atoms with Crippen molar-refractivity contribution < 1.29 is 14.1 Å². The van der Waals surface area contributed by atoms with Crippen LogP contribution in [0.15, 0.2) is 40.9 Å². The molecule has 138 valence electrons. The quantitative estimate of drug-likeness (QED) is 0.860. The van der Waals surface area contributed by atoms with Crippen molar-refractivity contribution in [1.82, 2.24) is 10.1 Å². The van der Waals surface area contributed by atoms with Crippen molar-refractivity contribution in [2.24, 2.45) is 5.92 Å². The number of para-hydroxylation sites is 1. The standard InChI is InChI=1S/C19H24N4O3/c1-13-12-17(26-22-13)21-18(24)14(2)23-10-8-15(9-11-23)19(25)20-16-6-4-3-5-7-16/h3-7,12,14-15H,8-11H2,1-2H3,(H,20,25)(H,21,24). The Hall–Kier alpha value is -2.67. The number of likely N-dealkylation sites (tertiary alicyclic amines) is 1. The molecule has 7 nitrogen and oxygen atoms in total. The summed E-state index contributed by atoms with van der Waals surface area (Å²) in [5.74, 6) is 0.244. The number of nitrogens with one attached hydrogen (secondary N) is 2. The Morgan fingerprint density at radius 1 is 1.19 bits per heavy atom. The number of piperidine rings is 1. The SMILES string of the molecule is Cc1cc(NC(=O)C(C)N2CCC(C(=O)Nc3ccccc3)CC2)on1. The molecule has 1 aromatic carbocycles. The minimum Gasteiger partial charge on any atom is -0.338 e. The van der Waals surface area contributed by atoms with Gasteiger partial charge in [-0.15, -0.1) is 0 Å². The second kappa shape index (κ2) is 8.14. The molecule has 2 N–H and O–H groups in total. The van der Waals surface area contributed by atoms with Gasteiger partial charge in [-0.1, -0.05) is 23.4 Å². The van der Waals surface area contributed by atoms with Crippen LogP contribution in [0.25, 0.3) is 0 Å². The van der Waals surface area contributed by atoms with Crippen LogP contribution in [0.5, 0.6) is 0 Å². The van der Waals surface area contributed by atoms with Crippen LogP contribution >= 0.6 is 0 Å². The molecule has 1 aliphatic rings. The second-order valence-electron chi connectivity index (χ2n) is 6.66. The number of hydrogen-bond donors (Lipinski definition) is 2. The Morgan fingerprint density at radius 2 is 1.88 bits per heavy atom. The van der Waals surface area contributed by atoms with E-state index in [1.165, 1.54) is 0 Å². The van der Waals surface area contributed by atoms with Crippen molar-refractivity contribution in [3.8, 4) is 0 Å². The molecule has 0 radical (unpaired) electrons. The maximum absolute atomic E-state index is 12.4. The van der Waals surface area contributed by atoms with Gasteiger partial charge in [0.15, 0.2) is 0 Å². The van der Waals surface area contributed by atoms with E-state index in [9.17, 15) is 9.59 Å². The Morgan fingerprint density at radius 3 is 2.50 bits per heavy atom. The summed E-state index contributed by atoms with van der Waals surface area (Å²) in [6.45, 7) is 5.07. The van der Waals surface area contributed by atoms with Gasteiger partial charge in [0.2, 0.25) is 17.7 Å². The molecule has 1 saturated heterocycles. The van der Waals surface area contributed by atoms with Crippen LogP contribution in [0.3, 0.4) is 0 Å². The van der Waals surface area contributed by atoms with Gasteiger partial charge < -0.3 is 9.84 Å². The first-order chi connectivity index (χ1) is 12.5. The van der Waals surface area contributed by atoms with Gasteiger partial charge in [-0.3, -0.25) is 19.8 Å². The molecule has 0 spiro atoms. The van der Waals surface area contributed by atoms with Gasteiger partial charge in [-0.05, 0) is 51.9 Å². The molecule has 2 amide bonds. The highest BCUT2D eigenvalue weighted by molar-refractivity contribution is 5.94. The van der Waals surface area contributed by atoms with Crippen molar-refractivity contribution in [1.29, 1.82) is 0 Å². The van der Waals surface area contributed by atoms with Crippen molar-refractivity contribution in [2.75, 3.05) is 23.7 Å². The van der Waals surface area contributed by atoms with Gasteiger partial charge in [0.05, 0.1) is 11.7 Å². The lowest BCUT2D eigenvalue weighted by atomic mass is 9.94. The van der Waals surface area contributed by atoms with Crippen LogP contribution in [-0.2, 0) is 9.59 Å². The maximum atomic E-state index is 12.4. The minimum absolute atomic E-state index is 0.0290. The summed E-state index contributed by atoms with van der Waals surface area (Å²) in [5, 5.41) is 9.45. The molecular weight excluding hydrogens is 332 g/mol. The monoisotopic (exact) mass is 356 g/mol. The fourth-order valence-electron chi connectivity index (χ4n) is 3.13. The molecule has 1 fully saturated rings. The number of hydrogen-bond acceptors (Lipinski definition) is 5. The van der Waals surface area contributed by atoms with Gasteiger partial charge in [0, 0.05) is 17.7 Å². The Kier molecular flexibility index (Phi) is 5.68. The largest absolute Gasteiger partial charge is 0.338 e. The number of nitrogens with zero attached hydrogens (tertiary/aromatic N) is 2. The van der Waals surface area contributed by atoms with Crippen LogP contribution in [0.1, 0.15) is 25.5 Å². The normalized spacial score (nSPS) is 16.8. The number of carbonyl (C=O) groups excluding carboxylic acids is 2. The van der Waals surface area contributed by atoms with Gasteiger partial charge >= 0.3 is 0 Å². The molecule has 7 heteroatoms. The van der Waals surface area contributed by atoms with Crippen molar-refractivity contribution >= 4 is 23.4 Å². The van der Waals surface area contributed by atoms with E-state index in [-0.39, 0.29) is 23.8 Å². The Labute approximate surface area is 152 Å². The molecule has 3 rings (SSSR count). The zero-order chi connectivity index (χ0) is 18.5. The van der Waals surface area contributed by atoms with Crippen LogP contribution < -0.4 is 10.6 Å². The minimum atomic E-state index is -0.293. The van der Waals surface area contributed by atoms with Crippen LogP contribution in [0.4, 0.5) is 11.6 Å². The number of aryl methyl sites for hydroxylation is 1. The van der Waals surface area contributed by atoms with Crippen LogP contribution in [0, 0.1) is 12.8 Å². The molecule has 1 unspecified atom stereocenters. The molecule has 26 heavy (non-hydrogen) atoms. The second-order valence-corrected chi connectivity index (χ2v) is 6.66. The molecule has 0 bridgehead atoms. The summed E-state index contributed by atoms with van der Waals surface area (Å²) >= 11 is 0. The summed E-state index contributed by atoms with van der Waals surface area (Å²) in [6, 6.07) is 10.9. The highest BCUT2D eigenvalue weighted by Gasteiger charge is 2.30. The van der Waals surface area contributed by atoms with Crippen molar-refractivity contribution in [2.45, 2.75) is 32.7 Å². The van der Waals surface area contributed by atoms with Gasteiger partial charge in [-0.25, -0.2) is 0 Å². The summed E-state index contributed by atoms with van der Waals surface area (Å²) in [6.07, 6.45) is 1.47. The summed E-state index contributed by atoms with van der Waals surface area (Å²) < 4.78 is 5.02. The van der Waals surface area contributed by atoms with E-state index >= 15 is 0 Å². The third-order valence-corrected chi connectivity index (χ3v) is 4.74. The lowest BCUT2D eigenvalue weighted by molar-refractivity contribution is -0.123. The Bertz CT molecular complexity index is 751. The first-order valence-corrected chi connectivity index (χ1v) is 8.87. The van der Waals surface area contributed by atoms with E-state index in [1.54, 1.807) is 13.0 Å². The number of rotatable bonds is 5. The lowest BCUT2D eigenvalue weighted by Crippen LogP contribution is -2.47. The molecule has 0 saturated carbocycles. The smallest absolute Gasteiger partial charge is 0.243 e. The topological polar surface area (TPSA) is 87.5 Å². The predicted octanol–water partition coefficient (Wildman–Crippen LogP) is 2.66. The van der Waals surface area contributed by atoms with E-state index in [2.05, 4.69) is 20.7 Å². The summed E-state index contributed by atoms with van der Waals surface area (Å²) in [5.41, 5.74) is 1.54. The van der Waals surface area contributed by atoms with Crippen molar-refractivity contribution in [3.63, 3.8) is 0 Å². The molecule has 2 aromatic rings. The van der Waals surface area contributed by atoms with Crippen LogP contribution in [-0.4, -0.2) is 41.0 Å². The van der Waals surface area contributed by atoms with E-state index in [0.717, 1.165) is 24.2 Å². The van der Waals surface area contributed by atoms with Gasteiger partial charge in [-0.2, -0.15) is 0 Å². The summed E-state index contributed by atoms with van der Waals surface area (Å²) in [4.78, 5) is 26.8. The lowest BCUT2D eigenvalue weighted by Gasteiger charge is -2.34. The Balaban J connectivity index is 1.48.